The van der Waals surface area contributed by atoms with Crippen molar-refractivity contribution in [2.45, 2.75) is 6.54 Å². The van der Waals surface area contributed by atoms with Crippen molar-refractivity contribution in [3.8, 4) is 0 Å². The molecule has 0 unspecified atom stereocenters. The molecule has 0 bridgehead atoms. The fraction of sp³-hybridized carbons (Fsp3) is 0.0526. The Morgan fingerprint density at radius 2 is 1.64 bits per heavy atom. The lowest BCUT2D eigenvalue weighted by atomic mass is 10.1. The van der Waals surface area contributed by atoms with Crippen LogP contribution >= 0.6 is 15.9 Å². The van der Waals surface area contributed by atoms with E-state index in [2.05, 4.69) is 36.5 Å². The van der Waals surface area contributed by atoms with Crippen LogP contribution in [0.1, 0.15) is 5.56 Å². The van der Waals surface area contributed by atoms with E-state index in [1.165, 1.54) is 0 Å². The van der Waals surface area contributed by atoms with Gasteiger partial charge in [0.15, 0.2) is 0 Å². The molecule has 142 valence electrons. The zero-order chi connectivity index (χ0) is 20.1. The Kier molecular flexibility index (Phi) is 5.85. The standard InChI is InChI=1S/C19H15BrN4O4/c20-12-8-11(17-14(9-12)23-18(27)19(28)24-17)10-21-15(25)6-7-16(26)22-13-4-2-1-3-5-13/h1-9H,10H2,(H,21,25)(H,22,26)(H,23,27)(H,24,28). The number of aromatic amines is 2. The Labute approximate surface area is 166 Å². The van der Waals surface area contributed by atoms with Crippen molar-refractivity contribution in [2.24, 2.45) is 0 Å². The lowest BCUT2D eigenvalue weighted by Gasteiger charge is -2.08. The SMILES string of the molecule is O=C(C=CC(=O)Nc1ccccc1)NCc1cc(Br)cc2[nH]c(=O)c(=O)[nH]c12. The molecule has 0 aliphatic heterocycles. The molecule has 4 N–H and O–H groups in total. The zero-order valence-electron chi connectivity index (χ0n) is 14.4. The van der Waals surface area contributed by atoms with Gasteiger partial charge in [0.1, 0.15) is 0 Å². The van der Waals surface area contributed by atoms with Crippen molar-refractivity contribution in [1.82, 2.24) is 15.3 Å². The number of fused-ring (bicyclic) bond motifs is 1. The molecule has 0 saturated heterocycles. The molecule has 0 radical (unpaired) electrons. The topological polar surface area (TPSA) is 124 Å². The number of nitrogens with one attached hydrogen (secondary N) is 4. The van der Waals surface area contributed by atoms with Crippen LogP contribution in [0.4, 0.5) is 5.69 Å². The Morgan fingerprint density at radius 3 is 2.39 bits per heavy atom. The zero-order valence-corrected chi connectivity index (χ0v) is 16.0. The third-order valence-electron chi connectivity index (χ3n) is 3.76. The first kappa shape index (κ1) is 19.3. The van der Waals surface area contributed by atoms with Gasteiger partial charge in [0.25, 0.3) is 0 Å². The van der Waals surface area contributed by atoms with Crippen LogP contribution in [0, 0.1) is 0 Å². The highest BCUT2D eigenvalue weighted by molar-refractivity contribution is 9.10. The summed E-state index contributed by atoms with van der Waals surface area (Å²) in [4.78, 5) is 51.9. The number of H-pyrrole nitrogens is 2. The normalized spacial score (nSPS) is 10.9. The summed E-state index contributed by atoms with van der Waals surface area (Å²) in [6.45, 7) is 0.0847. The second kappa shape index (κ2) is 8.49. The van der Waals surface area contributed by atoms with Gasteiger partial charge < -0.3 is 20.6 Å². The van der Waals surface area contributed by atoms with Crippen molar-refractivity contribution in [3.05, 3.63) is 85.4 Å². The first-order valence-electron chi connectivity index (χ1n) is 8.19. The third-order valence-corrected chi connectivity index (χ3v) is 4.22. The molecule has 8 nitrogen and oxygen atoms in total. The van der Waals surface area contributed by atoms with Crippen LogP contribution in [-0.4, -0.2) is 21.8 Å². The Hall–Kier alpha value is -3.46. The predicted molar refractivity (Wildman–Crippen MR) is 109 cm³/mol. The summed E-state index contributed by atoms with van der Waals surface area (Å²) in [6, 6.07) is 12.2. The van der Waals surface area contributed by atoms with Crippen LogP contribution in [-0.2, 0) is 16.1 Å². The molecule has 0 fully saturated rings. The predicted octanol–water partition coefficient (Wildman–Crippen LogP) is 1.79. The van der Waals surface area contributed by atoms with Gasteiger partial charge in [-0.3, -0.25) is 19.2 Å². The number of aromatic nitrogens is 2. The molecule has 0 aliphatic rings. The average Bonchev–Trinajstić information content (AvgIpc) is 2.66. The highest BCUT2D eigenvalue weighted by Gasteiger charge is 2.08. The van der Waals surface area contributed by atoms with Crippen LogP contribution in [0.2, 0.25) is 0 Å². The minimum absolute atomic E-state index is 0.0847. The van der Waals surface area contributed by atoms with Gasteiger partial charge in [-0.05, 0) is 29.8 Å². The van der Waals surface area contributed by atoms with E-state index in [0.717, 1.165) is 12.2 Å². The highest BCUT2D eigenvalue weighted by atomic mass is 79.9. The molecule has 3 aromatic rings. The van der Waals surface area contributed by atoms with Crippen molar-refractivity contribution in [3.63, 3.8) is 0 Å². The number of benzene rings is 2. The van der Waals surface area contributed by atoms with Gasteiger partial charge in [0.2, 0.25) is 11.8 Å². The number of carbonyl (C=O) groups is 2. The lowest BCUT2D eigenvalue weighted by Crippen LogP contribution is -2.29. The summed E-state index contributed by atoms with van der Waals surface area (Å²) in [5.41, 5.74) is 0.525. The maximum atomic E-state index is 12.0. The van der Waals surface area contributed by atoms with Crippen molar-refractivity contribution in [1.29, 1.82) is 0 Å². The maximum absolute atomic E-state index is 12.0. The number of hydrogen-bond acceptors (Lipinski definition) is 4. The van der Waals surface area contributed by atoms with Gasteiger partial charge in [0.05, 0.1) is 11.0 Å². The molecule has 0 saturated carbocycles. The van der Waals surface area contributed by atoms with E-state index in [0.29, 0.717) is 26.8 Å². The van der Waals surface area contributed by atoms with E-state index < -0.39 is 22.9 Å². The smallest absolute Gasteiger partial charge is 0.314 e. The lowest BCUT2D eigenvalue weighted by molar-refractivity contribution is -0.117. The fourth-order valence-electron chi connectivity index (χ4n) is 2.50. The summed E-state index contributed by atoms with van der Waals surface area (Å²) in [5.74, 6) is -0.917. The molecule has 1 aromatic heterocycles. The average molecular weight is 443 g/mol. The van der Waals surface area contributed by atoms with Crippen LogP contribution in [0.15, 0.2) is 68.7 Å². The van der Waals surface area contributed by atoms with Crippen LogP contribution in [0.25, 0.3) is 11.0 Å². The summed E-state index contributed by atoms with van der Waals surface area (Å²) in [5, 5.41) is 5.26. The Balaban J connectivity index is 1.67. The number of anilines is 1. The summed E-state index contributed by atoms with van der Waals surface area (Å²) in [7, 11) is 0. The minimum Gasteiger partial charge on any atom is -0.348 e. The molecule has 0 atom stereocenters. The molecule has 28 heavy (non-hydrogen) atoms. The van der Waals surface area contributed by atoms with Gasteiger partial charge >= 0.3 is 11.1 Å². The minimum atomic E-state index is -0.778. The number of carbonyl (C=O) groups excluding carboxylic acids is 2. The molecular weight excluding hydrogens is 428 g/mol. The van der Waals surface area contributed by atoms with Gasteiger partial charge in [-0.15, -0.1) is 0 Å². The molecule has 2 amide bonds. The summed E-state index contributed by atoms with van der Waals surface area (Å²) >= 11 is 3.32. The van der Waals surface area contributed by atoms with E-state index in [1.807, 2.05) is 6.07 Å². The van der Waals surface area contributed by atoms with Crippen molar-refractivity contribution < 1.29 is 9.59 Å². The molecule has 1 heterocycles. The molecule has 0 spiro atoms. The molecule has 2 aromatic carbocycles. The molecule has 0 aliphatic carbocycles. The van der Waals surface area contributed by atoms with Crippen LogP contribution in [0.3, 0.4) is 0 Å². The molecular formula is C19H15BrN4O4. The van der Waals surface area contributed by atoms with E-state index in [1.54, 1.807) is 36.4 Å². The van der Waals surface area contributed by atoms with E-state index in [-0.39, 0.29) is 6.54 Å². The monoisotopic (exact) mass is 442 g/mol. The van der Waals surface area contributed by atoms with Gasteiger partial charge in [-0.25, -0.2) is 0 Å². The number of rotatable bonds is 5. The van der Waals surface area contributed by atoms with E-state index in [9.17, 15) is 19.2 Å². The number of hydrogen-bond donors (Lipinski definition) is 4. The molecule has 9 heteroatoms. The van der Waals surface area contributed by atoms with Gasteiger partial charge in [0, 0.05) is 28.9 Å². The second-order valence-electron chi connectivity index (χ2n) is 5.80. The van der Waals surface area contributed by atoms with Crippen molar-refractivity contribution in [2.75, 3.05) is 5.32 Å². The Morgan fingerprint density at radius 1 is 0.964 bits per heavy atom. The van der Waals surface area contributed by atoms with E-state index >= 15 is 0 Å². The van der Waals surface area contributed by atoms with Crippen LogP contribution in [0.5, 0.6) is 0 Å². The number of halogens is 1. The van der Waals surface area contributed by atoms with Crippen molar-refractivity contribution >= 4 is 44.5 Å². The largest absolute Gasteiger partial charge is 0.348 e. The fourth-order valence-corrected chi connectivity index (χ4v) is 3.00. The summed E-state index contributed by atoms with van der Waals surface area (Å²) in [6.07, 6.45) is 2.24. The number of amides is 2. The molecule has 3 rings (SSSR count). The first-order chi connectivity index (χ1) is 13.4. The van der Waals surface area contributed by atoms with Gasteiger partial charge in [-0.2, -0.15) is 0 Å². The second-order valence-corrected chi connectivity index (χ2v) is 6.72. The highest BCUT2D eigenvalue weighted by Crippen LogP contribution is 2.20. The van der Waals surface area contributed by atoms with E-state index in [4.69, 9.17) is 0 Å². The number of para-hydroxylation sites is 1. The summed E-state index contributed by atoms with van der Waals surface area (Å²) < 4.78 is 0.671. The Bertz CT molecular complexity index is 1180. The van der Waals surface area contributed by atoms with Gasteiger partial charge in [-0.1, -0.05) is 34.1 Å². The quantitative estimate of drug-likeness (QED) is 0.355. The van der Waals surface area contributed by atoms with Crippen LogP contribution < -0.4 is 21.8 Å². The first-order valence-corrected chi connectivity index (χ1v) is 8.98. The third kappa shape index (κ3) is 4.83. The maximum Gasteiger partial charge on any atom is 0.314 e.